The summed E-state index contributed by atoms with van der Waals surface area (Å²) in [4.78, 5) is 38.2. The molecule has 1 unspecified atom stereocenters. The van der Waals surface area contributed by atoms with Crippen LogP contribution in [0.5, 0.6) is 0 Å². The van der Waals surface area contributed by atoms with Crippen LogP contribution in [0.1, 0.15) is 252 Å². The predicted octanol–water partition coefficient (Wildman–Crippen LogP) is 20.2. The van der Waals surface area contributed by atoms with Crippen LogP contribution in [0, 0.1) is 0 Å². The summed E-state index contributed by atoms with van der Waals surface area (Å²) in [5.74, 6) is -1.07. The summed E-state index contributed by atoms with van der Waals surface area (Å²) in [6, 6.07) is 0. The van der Waals surface area contributed by atoms with Crippen LogP contribution >= 0.6 is 0 Å². The maximum absolute atomic E-state index is 12.9. The summed E-state index contributed by atoms with van der Waals surface area (Å²) in [7, 11) is 0. The van der Waals surface area contributed by atoms with Gasteiger partial charge in [0, 0.05) is 19.3 Å². The van der Waals surface area contributed by atoms with Crippen molar-refractivity contribution >= 4 is 17.9 Å². The van der Waals surface area contributed by atoms with Crippen molar-refractivity contribution in [3.63, 3.8) is 0 Å². The molecular formula is C67H108O6. The number of rotatable bonds is 52. The third-order valence-electron chi connectivity index (χ3n) is 12.1. The van der Waals surface area contributed by atoms with Crippen molar-refractivity contribution in [2.45, 2.75) is 258 Å². The number of carbonyl (C=O) groups excluding carboxylic acids is 3. The Morgan fingerprint density at radius 2 is 0.616 bits per heavy atom. The van der Waals surface area contributed by atoms with Crippen molar-refractivity contribution in [2.24, 2.45) is 0 Å². The summed E-state index contributed by atoms with van der Waals surface area (Å²) in [5.41, 5.74) is 0. The largest absolute Gasteiger partial charge is 0.462 e. The molecule has 0 aliphatic rings. The minimum Gasteiger partial charge on any atom is -0.462 e. The molecule has 6 nitrogen and oxygen atoms in total. The SMILES string of the molecule is CC/C=C\C/C=C\C/C=C\C/C=C\C/C=C\C/C=C\CCC(=O)OCC(COC(=O)CCC/C=C\C/C=C\C/C=C\CCCCCCCC)OC(=O)CCCCCCCCCCCC/C=C\C=C/CCCCC. The van der Waals surface area contributed by atoms with Crippen LogP contribution in [0.2, 0.25) is 0 Å². The quantitative estimate of drug-likeness (QED) is 0.0199. The van der Waals surface area contributed by atoms with Gasteiger partial charge in [-0.3, -0.25) is 14.4 Å². The smallest absolute Gasteiger partial charge is 0.306 e. The molecular weight excluding hydrogens is 901 g/mol. The van der Waals surface area contributed by atoms with E-state index < -0.39 is 6.10 Å². The molecule has 0 aliphatic carbocycles. The molecule has 0 saturated heterocycles. The van der Waals surface area contributed by atoms with Gasteiger partial charge < -0.3 is 14.2 Å². The monoisotopic (exact) mass is 1010 g/mol. The molecule has 0 radical (unpaired) electrons. The van der Waals surface area contributed by atoms with Crippen LogP contribution in [0.15, 0.2) is 134 Å². The Kier molecular flexibility index (Phi) is 56.4. The number of ether oxygens (including phenoxy) is 3. The molecule has 1 atom stereocenters. The average Bonchev–Trinajstić information content (AvgIpc) is 3.39. The van der Waals surface area contributed by atoms with Gasteiger partial charge in [0.25, 0.3) is 0 Å². The lowest BCUT2D eigenvalue weighted by molar-refractivity contribution is -0.166. The van der Waals surface area contributed by atoms with Crippen LogP contribution in [-0.2, 0) is 28.6 Å². The number of hydrogen-bond acceptors (Lipinski definition) is 6. The second kappa shape index (κ2) is 60.1. The van der Waals surface area contributed by atoms with Gasteiger partial charge in [-0.15, -0.1) is 0 Å². The second-order valence-corrected chi connectivity index (χ2v) is 19.2. The third kappa shape index (κ3) is 58.3. The van der Waals surface area contributed by atoms with Crippen LogP contribution in [0.4, 0.5) is 0 Å². The molecule has 0 spiro atoms. The predicted molar refractivity (Wildman–Crippen MR) is 316 cm³/mol. The molecule has 412 valence electrons. The number of unbranched alkanes of at least 4 members (excludes halogenated alkanes) is 20. The average molecular weight is 1010 g/mol. The first-order chi connectivity index (χ1) is 36.0. The van der Waals surface area contributed by atoms with Gasteiger partial charge in [0.05, 0.1) is 0 Å². The van der Waals surface area contributed by atoms with E-state index in [0.29, 0.717) is 19.3 Å². The summed E-state index contributed by atoms with van der Waals surface area (Å²) in [6.07, 6.45) is 84.6. The fraction of sp³-hybridized carbons (Fsp3) is 0.627. The van der Waals surface area contributed by atoms with Crippen molar-refractivity contribution in [1.82, 2.24) is 0 Å². The minimum absolute atomic E-state index is 0.133. The Bertz CT molecular complexity index is 1580. The van der Waals surface area contributed by atoms with Crippen LogP contribution in [-0.4, -0.2) is 37.2 Å². The fourth-order valence-electron chi connectivity index (χ4n) is 7.71. The van der Waals surface area contributed by atoms with E-state index in [-0.39, 0.29) is 44.0 Å². The Hall–Kier alpha value is -4.45. The zero-order valence-electron chi connectivity index (χ0n) is 47.1. The van der Waals surface area contributed by atoms with Gasteiger partial charge >= 0.3 is 17.9 Å². The zero-order valence-corrected chi connectivity index (χ0v) is 47.1. The van der Waals surface area contributed by atoms with Gasteiger partial charge in [0.2, 0.25) is 0 Å². The van der Waals surface area contributed by atoms with Crippen molar-refractivity contribution in [1.29, 1.82) is 0 Å². The number of hydrogen-bond donors (Lipinski definition) is 0. The van der Waals surface area contributed by atoms with E-state index in [1.54, 1.807) is 0 Å². The Morgan fingerprint density at radius 1 is 0.301 bits per heavy atom. The van der Waals surface area contributed by atoms with E-state index in [1.807, 2.05) is 12.2 Å². The van der Waals surface area contributed by atoms with E-state index >= 15 is 0 Å². The van der Waals surface area contributed by atoms with E-state index in [9.17, 15) is 14.4 Å². The molecule has 0 fully saturated rings. The molecule has 0 bridgehead atoms. The molecule has 0 aromatic rings. The zero-order chi connectivity index (χ0) is 52.9. The van der Waals surface area contributed by atoms with Gasteiger partial charge in [0.1, 0.15) is 13.2 Å². The fourth-order valence-corrected chi connectivity index (χ4v) is 7.71. The Morgan fingerprint density at radius 3 is 1.07 bits per heavy atom. The van der Waals surface area contributed by atoms with E-state index in [0.717, 1.165) is 77.0 Å². The first-order valence-corrected chi connectivity index (χ1v) is 29.7. The first kappa shape index (κ1) is 68.6. The van der Waals surface area contributed by atoms with Crippen molar-refractivity contribution in [2.75, 3.05) is 13.2 Å². The molecule has 0 N–H and O–H groups in total. The van der Waals surface area contributed by atoms with Gasteiger partial charge in [-0.1, -0.05) is 251 Å². The van der Waals surface area contributed by atoms with Crippen LogP contribution in [0.3, 0.4) is 0 Å². The molecule has 0 aromatic heterocycles. The number of esters is 3. The van der Waals surface area contributed by atoms with Crippen LogP contribution < -0.4 is 0 Å². The molecule has 0 aliphatic heterocycles. The van der Waals surface area contributed by atoms with E-state index in [4.69, 9.17) is 14.2 Å². The normalized spacial score (nSPS) is 13.1. The summed E-state index contributed by atoms with van der Waals surface area (Å²) >= 11 is 0. The summed E-state index contributed by atoms with van der Waals surface area (Å²) in [6.45, 7) is 6.38. The van der Waals surface area contributed by atoms with Crippen molar-refractivity contribution in [3.05, 3.63) is 134 Å². The van der Waals surface area contributed by atoms with Crippen molar-refractivity contribution < 1.29 is 28.6 Å². The Labute approximate surface area is 449 Å². The van der Waals surface area contributed by atoms with Gasteiger partial charge in [0.15, 0.2) is 6.10 Å². The summed E-state index contributed by atoms with van der Waals surface area (Å²) < 4.78 is 16.8. The standard InChI is InChI=1S/C67H108O6/c1-4-7-10-13-16-19-22-25-28-31-33-36-39-42-45-48-51-54-57-60-66(69)72-63-64(62-71-65(68)59-56-53-50-47-44-41-38-35-30-27-24-21-18-15-12-9-6-3)73-67(70)61-58-55-52-49-46-43-40-37-34-32-29-26-23-20-17-14-11-8-5-2/h7,10,16-17,19-20,23,25-28,30,33,36,38,41-42,45,47,50-51,54,64H,4-6,8-9,11-15,18,21-22,24,29,31-32,34-35,37,39-40,43-44,46,48-49,52-53,55-63H2,1-3H3/b10-7-,19-16-,20-17-,26-23-,28-25-,30-27-,36-33-,41-38-,45-42-,50-47-,54-51-. The maximum atomic E-state index is 12.9. The minimum atomic E-state index is -0.837. The van der Waals surface area contributed by atoms with E-state index in [2.05, 4.69) is 142 Å². The molecule has 6 heteroatoms. The number of allylic oxidation sites excluding steroid dienone is 22. The molecule has 0 amide bonds. The molecule has 0 heterocycles. The highest BCUT2D eigenvalue weighted by molar-refractivity contribution is 5.71. The second-order valence-electron chi connectivity index (χ2n) is 19.2. The lowest BCUT2D eigenvalue weighted by atomic mass is 10.1. The molecule has 0 saturated carbocycles. The molecule has 73 heavy (non-hydrogen) atoms. The van der Waals surface area contributed by atoms with Gasteiger partial charge in [-0.2, -0.15) is 0 Å². The Balaban J connectivity index is 4.59. The van der Waals surface area contributed by atoms with Crippen molar-refractivity contribution in [3.8, 4) is 0 Å². The van der Waals surface area contributed by atoms with Gasteiger partial charge in [-0.25, -0.2) is 0 Å². The lowest BCUT2D eigenvalue weighted by Crippen LogP contribution is -2.30. The highest BCUT2D eigenvalue weighted by Gasteiger charge is 2.19. The first-order valence-electron chi connectivity index (χ1n) is 29.7. The molecule has 0 aromatic carbocycles. The summed E-state index contributed by atoms with van der Waals surface area (Å²) in [5, 5.41) is 0. The van der Waals surface area contributed by atoms with E-state index in [1.165, 1.54) is 122 Å². The lowest BCUT2D eigenvalue weighted by Gasteiger charge is -2.18. The number of carbonyl (C=O) groups is 3. The molecule has 0 rings (SSSR count). The third-order valence-corrected chi connectivity index (χ3v) is 12.1. The maximum Gasteiger partial charge on any atom is 0.306 e. The van der Waals surface area contributed by atoms with Crippen LogP contribution in [0.25, 0.3) is 0 Å². The highest BCUT2D eigenvalue weighted by Crippen LogP contribution is 2.14. The van der Waals surface area contributed by atoms with Gasteiger partial charge in [-0.05, 0) is 116 Å². The topological polar surface area (TPSA) is 78.9 Å². The highest BCUT2D eigenvalue weighted by atomic mass is 16.6.